The molecule has 1 aromatic heterocycles. The number of amides is 2. The van der Waals surface area contributed by atoms with Crippen molar-refractivity contribution in [1.29, 1.82) is 0 Å². The van der Waals surface area contributed by atoms with Crippen LogP contribution in [-0.4, -0.2) is 61.4 Å². The Bertz CT molecular complexity index is 1170. The topological polar surface area (TPSA) is 178 Å². The van der Waals surface area contributed by atoms with E-state index in [9.17, 15) is 27.9 Å². The van der Waals surface area contributed by atoms with Crippen LogP contribution in [0.3, 0.4) is 0 Å². The van der Waals surface area contributed by atoms with Crippen molar-refractivity contribution in [3.05, 3.63) is 52.4 Å². The summed E-state index contributed by atoms with van der Waals surface area (Å²) >= 11 is 0. The fourth-order valence-electron chi connectivity index (χ4n) is 3.46. The van der Waals surface area contributed by atoms with Crippen LogP contribution in [0.4, 0.5) is 0 Å². The number of pyridine rings is 1. The number of primary amides is 1. The summed E-state index contributed by atoms with van der Waals surface area (Å²) in [6, 6.07) is 6.79. The first-order valence-corrected chi connectivity index (χ1v) is 11.7. The maximum atomic E-state index is 13.1. The summed E-state index contributed by atoms with van der Waals surface area (Å²) in [5.41, 5.74) is 4.90. The first kappa shape index (κ1) is 24.3. The number of rotatable bonds is 9. The van der Waals surface area contributed by atoms with Gasteiger partial charge in [-0.1, -0.05) is 0 Å². The number of hydrogen-bond acceptors (Lipinski definition) is 8. The van der Waals surface area contributed by atoms with Crippen LogP contribution in [0.5, 0.6) is 11.5 Å². The molecule has 0 bridgehead atoms. The van der Waals surface area contributed by atoms with Gasteiger partial charge in [0.15, 0.2) is 20.3 Å². The molecule has 11 nitrogen and oxygen atoms in total. The minimum absolute atomic E-state index is 0.00726. The molecule has 178 valence electrons. The molecule has 12 heteroatoms. The van der Waals surface area contributed by atoms with Crippen molar-refractivity contribution < 1.29 is 32.6 Å². The van der Waals surface area contributed by atoms with Crippen molar-refractivity contribution in [2.24, 2.45) is 5.73 Å². The van der Waals surface area contributed by atoms with Crippen molar-refractivity contribution >= 4 is 21.7 Å². The standard InChI is InChI=1S/C21H25N3O8S/c22-20(28)21(6-10-31-11-7-21)33(29,30)16-4-2-15(3-5-16)32-9-1-8-23-18(26)14-12-17(25)19(27)24-13-14/h2-5,12-13,25H,1,6-11H2,(H2,22,28)(H,23,26)(H,24,27). The molecule has 1 saturated heterocycles. The predicted octanol–water partition coefficient (Wildman–Crippen LogP) is 0.0876. The van der Waals surface area contributed by atoms with Crippen LogP contribution >= 0.6 is 0 Å². The maximum Gasteiger partial charge on any atom is 0.290 e. The van der Waals surface area contributed by atoms with Crippen LogP contribution in [-0.2, 0) is 19.4 Å². The molecule has 0 radical (unpaired) electrons. The Balaban J connectivity index is 1.52. The number of nitrogens with two attached hydrogens (primary N) is 1. The predicted molar refractivity (Wildman–Crippen MR) is 117 cm³/mol. The number of carbonyl (C=O) groups excluding carboxylic acids is 2. The molecule has 1 aliphatic heterocycles. The van der Waals surface area contributed by atoms with E-state index in [0.717, 1.165) is 6.07 Å². The average Bonchev–Trinajstić information content (AvgIpc) is 2.81. The van der Waals surface area contributed by atoms with E-state index in [-0.39, 0.29) is 49.7 Å². The van der Waals surface area contributed by atoms with Gasteiger partial charge in [-0.25, -0.2) is 8.42 Å². The summed E-state index contributed by atoms with van der Waals surface area (Å²) in [6.07, 6.45) is 1.67. The highest BCUT2D eigenvalue weighted by molar-refractivity contribution is 7.93. The molecular weight excluding hydrogens is 454 g/mol. The van der Waals surface area contributed by atoms with E-state index in [1.807, 2.05) is 0 Å². The van der Waals surface area contributed by atoms with Gasteiger partial charge in [-0.3, -0.25) is 14.4 Å². The van der Waals surface area contributed by atoms with Gasteiger partial charge in [-0.2, -0.15) is 0 Å². The monoisotopic (exact) mass is 479 g/mol. The second-order valence-electron chi connectivity index (χ2n) is 7.51. The second-order valence-corrected chi connectivity index (χ2v) is 9.77. The summed E-state index contributed by atoms with van der Waals surface area (Å²) in [6.45, 7) is 0.798. The third kappa shape index (κ3) is 5.17. The van der Waals surface area contributed by atoms with Crippen molar-refractivity contribution in [1.82, 2.24) is 10.3 Å². The Hall–Kier alpha value is -3.38. The lowest BCUT2D eigenvalue weighted by Gasteiger charge is -2.33. The molecule has 33 heavy (non-hydrogen) atoms. The number of sulfone groups is 1. The Kier molecular flexibility index (Phi) is 7.39. The molecule has 2 aromatic rings. The molecule has 0 spiro atoms. The molecule has 2 amide bonds. The third-order valence-corrected chi connectivity index (χ3v) is 7.95. The Morgan fingerprint density at radius 1 is 1.21 bits per heavy atom. The summed E-state index contributed by atoms with van der Waals surface area (Å²) in [4.78, 5) is 37.4. The van der Waals surface area contributed by atoms with E-state index >= 15 is 0 Å². The second kappa shape index (κ2) is 10.0. The molecule has 0 atom stereocenters. The molecular formula is C21H25N3O8S. The number of benzene rings is 1. The molecule has 1 aliphatic rings. The summed E-state index contributed by atoms with van der Waals surface area (Å²) in [7, 11) is -4.01. The van der Waals surface area contributed by atoms with Crippen LogP contribution in [0, 0.1) is 0 Å². The number of aromatic amines is 1. The van der Waals surface area contributed by atoms with E-state index < -0.39 is 37.7 Å². The van der Waals surface area contributed by atoms with Crippen LogP contribution < -0.4 is 21.3 Å². The first-order valence-electron chi connectivity index (χ1n) is 10.2. The van der Waals surface area contributed by atoms with Crippen LogP contribution in [0.15, 0.2) is 46.2 Å². The zero-order chi connectivity index (χ0) is 24.1. The zero-order valence-electron chi connectivity index (χ0n) is 17.7. The van der Waals surface area contributed by atoms with Gasteiger partial charge >= 0.3 is 0 Å². The van der Waals surface area contributed by atoms with Gasteiger partial charge in [0.2, 0.25) is 5.91 Å². The van der Waals surface area contributed by atoms with Crippen LogP contribution in [0.25, 0.3) is 0 Å². The van der Waals surface area contributed by atoms with Gasteiger partial charge in [0, 0.05) is 26.0 Å². The molecule has 0 saturated carbocycles. The Morgan fingerprint density at radius 2 is 1.88 bits per heavy atom. The number of aromatic hydroxyl groups is 1. The Morgan fingerprint density at radius 3 is 2.48 bits per heavy atom. The number of ether oxygens (including phenoxy) is 2. The molecule has 3 rings (SSSR count). The molecule has 1 aromatic carbocycles. The largest absolute Gasteiger partial charge is 0.503 e. The smallest absolute Gasteiger partial charge is 0.290 e. The van der Waals surface area contributed by atoms with E-state index in [0.29, 0.717) is 12.2 Å². The third-order valence-electron chi connectivity index (χ3n) is 5.42. The van der Waals surface area contributed by atoms with Crippen LogP contribution in [0.2, 0.25) is 0 Å². The SMILES string of the molecule is NC(=O)C1(S(=O)(=O)c2ccc(OCCCNC(=O)c3c[nH]c(=O)c(O)c3)cc2)CCOCC1. The zero-order valence-corrected chi connectivity index (χ0v) is 18.5. The maximum absolute atomic E-state index is 13.1. The van der Waals surface area contributed by atoms with Crippen molar-refractivity contribution in [3.63, 3.8) is 0 Å². The van der Waals surface area contributed by atoms with Gasteiger partial charge in [0.1, 0.15) is 5.75 Å². The fourth-order valence-corrected chi connectivity index (χ4v) is 5.37. The van der Waals surface area contributed by atoms with Crippen molar-refractivity contribution in [3.8, 4) is 11.5 Å². The first-order chi connectivity index (χ1) is 15.7. The molecule has 0 unspecified atom stereocenters. The van der Waals surface area contributed by atoms with E-state index in [2.05, 4.69) is 10.3 Å². The van der Waals surface area contributed by atoms with Crippen molar-refractivity contribution in [2.45, 2.75) is 28.9 Å². The number of hydrogen-bond donors (Lipinski definition) is 4. The van der Waals surface area contributed by atoms with E-state index in [4.69, 9.17) is 15.2 Å². The minimum Gasteiger partial charge on any atom is -0.503 e. The molecule has 1 fully saturated rings. The number of aromatic nitrogens is 1. The molecule has 0 aliphatic carbocycles. The van der Waals surface area contributed by atoms with Gasteiger partial charge < -0.3 is 30.6 Å². The highest BCUT2D eigenvalue weighted by Gasteiger charge is 2.51. The lowest BCUT2D eigenvalue weighted by molar-refractivity contribution is -0.122. The highest BCUT2D eigenvalue weighted by Crippen LogP contribution is 2.35. The minimum atomic E-state index is -4.01. The number of H-pyrrole nitrogens is 1. The summed E-state index contributed by atoms with van der Waals surface area (Å²) in [5.74, 6) is -1.47. The average molecular weight is 480 g/mol. The van der Waals surface area contributed by atoms with E-state index in [1.165, 1.54) is 30.5 Å². The molecule has 2 heterocycles. The number of carbonyl (C=O) groups is 2. The lowest BCUT2D eigenvalue weighted by atomic mass is 9.98. The fraction of sp³-hybridized carbons (Fsp3) is 0.381. The molecule has 5 N–H and O–H groups in total. The van der Waals surface area contributed by atoms with E-state index in [1.54, 1.807) is 0 Å². The van der Waals surface area contributed by atoms with Gasteiger partial charge in [-0.05, 0) is 49.6 Å². The van der Waals surface area contributed by atoms with Crippen molar-refractivity contribution in [2.75, 3.05) is 26.4 Å². The highest BCUT2D eigenvalue weighted by atomic mass is 32.2. The lowest BCUT2D eigenvalue weighted by Crippen LogP contribution is -2.53. The quantitative estimate of drug-likeness (QED) is 0.365. The Labute approximate surface area is 189 Å². The number of nitrogens with one attached hydrogen (secondary N) is 2. The normalized spacial score (nSPS) is 15.5. The van der Waals surface area contributed by atoms with Crippen LogP contribution in [0.1, 0.15) is 29.6 Å². The van der Waals surface area contributed by atoms with Gasteiger partial charge in [-0.15, -0.1) is 0 Å². The summed E-state index contributed by atoms with van der Waals surface area (Å²) in [5, 5.41) is 12.0. The van der Waals surface area contributed by atoms with Gasteiger partial charge in [0.05, 0.1) is 17.1 Å². The summed E-state index contributed by atoms with van der Waals surface area (Å²) < 4.78 is 35.3. The van der Waals surface area contributed by atoms with Gasteiger partial charge in [0.25, 0.3) is 11.5 Å².